The number of hydrogen-bond acceptors (Lipinski definition) is 4. The van der Waals surface area contributed by atoms with E-state index in [4.69, 9.17) is 4.74 Å². The Bertz CT molecular complexity index is 577. The Kier molecular flexibility index (Phi) is 5.07. The standard InChI is InChI=1S/C13H12F6O4/c1-7(20)21-11(2,3)8-4-5-9(22-12(14,15)16)10(6-8)23-13(17,18)19/h4-6H,1-3H3. The van der Waals surface area contributed by atoms with Crippen LogP contribution >= 0.6 is 0 Å². The minimum Gasteiger partial charge on any atom is -0.455 e. The maximum Gasteiger partial charge on any atom is 0.573 e. The zero-order chi connectivity index (χ0) is 18.1. The zero-order valence-electron chi connectivity index (χ0n) is 12.1. The molecule has 1 aromatic carbocycles. The van der Waals surface area contributed by atoms with E-state index in [-0.39, 0.29) is 5.56 Å². The third kappa shape index (κ3) is 6.25. The summed E-state index contributed by atoms with van der Waals surface area (Å²) in [6.45, 7) is 3.78. The molecule has 0 atom stereocenters. The predicted octanol–water partition coefficient (Wildman–Crippen LogP) is 4.28. The minimum absolute atomic E-state index is 0.0125. The van der Waals surface area contributed by atoms with E-state index in [1.54, 1.807) is 0 Å². The molecule has 0 fully saturated rings. The topological polar surface area (TPSA) is 44.8 Å². The number of rotatable bonds is 4. The number of hydrogen-bond donors (Lipinski definition) is 0. The van der Waals surface area contributed by atoms with Crippen LogP contribution in [0.4, 0.5) is 26.3 Å². The highest BCUT2D eigenvalue weighted by Crippen LogP contribution is 2.39. The van der Waals surface area contributed by atoms with Gasteiger partial charge < -0.3 is 14.2 Å². The first-order chi connectivity index (χ1) is 10.2. The molecule has 0 aromatic heterocycles. The highest BCUT2D eigenvalue weighted by atomic mass is 19.4. The first kappa shape index (κ1) is 18.9. The van der Waals surface area contributed by atoms with E-state index >= 15 is 0 Å². The van der Waals surface area contributed by atoms with E-state index in [0.29, 0.717) is 12.1 Å². The Labute approximate surface area is 126 Å². The van der Waals surface area contributed by atoms with Gasteiger partial charge in [0.15, 0.2) is 11.5 Å². The fourth-order valence-corrected chi connectivity index (χ4v) is 1.71. The Morgan fingerprint density at radius 1 is 0.913 bits per heavy atom. The molecule has 23 heavy (non-hydrogen) atoms. The van der Waals surface area contributed by atoms with Gasteiger partial charge in [0.2, 0.25) is 0 Å². The van der Waals surface area contributed by atoms with Gasteiger partial charge in [-0.1, -0.05) is 6.07 Å². The van der Waals surface area contributed by atoms with E-state index in [9.17, 15) is 31.1 Å². The van der Waals surface area contributed by atoms with Gasteiger partial charge in [-0.15, -0.1) is 26.3 Å². The summed E-state index contributed by atoms with van der Waals surface area (Å²) in [5, 5.41) is 0. The van der Waals surface area contributed by atoms with Gasteiger partial charge in [0.25, 0.3) is 0 Å². The first-order valence-electron chi connectivity index (χ1n) is 6.05. The van der Waals surface area contributed by atoms with E-state index in [1.807, 2.05) is 0 Å². The second-order valence-corrected chi connectivity index (χ2v) is 4.86. The van der Waals surface area contributed by atoms with Gasteiger partial charge in [-0.05, 0) is 31.5 Å². The molecule has 130 valence electrons. The fraction of sp³-hybridized carbons (Fsp3) is 0.462. The third-order valence-electron chi connectivity index (χ3n) is 2.49. The Hall–Kier alpha value is -2.13. The summed E-state index contributed by atoms with van der Waals surface area (Å²) < 4.78 is 85.7. The van der Waals surface area contributed by atoms with Crippen LogP contribution < -0.4 is 9.47 Å². The van der Waals surface area contributed by atoms with Crippen LogP contribution in [-0.4, -0.2) is 18.7 Å². The Morgan fingerprint density at radius 3 is 1.83 bits per heavy atom. The van der Waals surface area contributed by atoms with E-state index in [1.165, 1.54) is 13.8 Å². The molecule has 0 aliphatic carbocycles. The smallest absolute Gasteiger partial charge is 0.455 e. The normalized spacial score (nSPS) is 12.7. The maximum absolute atomic E-state index is 12.3. The average molecular weight is 346 g/mol. The Morgan fingerprint density at radius 2 is 1.39 bits per heavy atom. The van der Waals surface area contributed by atoms with E-state index in [2.05, 4.69) is 9.47 Å². The van der Waals surface area contributed by atoms with Gasteiger partial charge in [0.05, 0.1) is 0 Å². The van der Waals surface area contributed by atoms with Gasteiger partial charge in [-0.3, -0.25) is 4.79 Å². The van der Waals surface area contributed by atoms with Gasteiger partial charge >= 0.3 is 18.7 Å². The SMILES string of the molecule is CC(=O)OC(C)(C)c1ccc(OC(F)(F)F)c(OC(F)(F)F)c1. The average Bonchev–Trinajstić information content (AvgIpc) is 2.25. The maximum atomic E-state index is 12.3. The lowest BCUT2D eigenvalue weighted by Crippen LogP contribution is -2.25. The fourth-order valence-electron chi connectivity index (χ4n) is 1.71. The second-order valence-electron chi connectivity index (χ2n) is 4.86. The van der Waals surface area contributed by atoms with Crippen LogP contribution in [0.1, 0.15) is 26.3 Å². The second kappa shape index (κ2) is 6.17. The lowest BCUT2D eigenvalue weighted by molar-refractivity contribution is -0.287. The highest BCUT2D eigenvalue weighted by Gasteiger charge is 2.37. The highest BCUT2D eigenvalue weighted by molar-refractivity contribution is 5.66. The monoisotopic (exact) mass is 346 g/mol. The van der Waals surface area contributed by atoms with Crippen molar-refractivity contribution in [1.29, 1.82) is 0 Å². The number of halogens is 6. The van der Waals surface area contributed by atoms with Crippen molar-refractivity contribution in [2.75, 3.05) is 0 Å². The van der Waals surface area contributed by atoms with Crippen LogP contribution in [0.3, 0.4) is 0 Å². The molecule has 0 amide bonds. The van der Waals surface area contributed by atoms with Crippen molar-refractivity contribution in [3.63, 3.8) is 0 Å². The molecule has 0 saturated carbocycles. The molecule has 0 N–H and O–H groups in total. The molecular formula is C13H12F6O4. The molecular weight excluding hydrogens is 334 g/mol. The number of carbonyl (C=O) groups excluding carboxylic acids is 1. The number of alkyl halides is 6. The number of esters is 1. The number of benzene rings is 1. The summed E-state index contributed by atoms with van der Waals surface area (Å²) in [4.78, 5) is 11.0. The van der Waals surface area contributed by atoms with Gasteiger partial charge in [0, 0.05) is 6.92 Å². The number of ether oxygens (including phenoxy) is 3. The molecule has 1 rings (SSSR count). The quantitative estimate of drug-likeness (QED) is 0.603. The van der Waals surface area contributed by atoms with E-state index in [0.717, 1.165) is 13.0 Å². The summed E-state index contributed by atoms with van der Waals surface area (Å²) in [5.74, 6) is -3.09. The molecule has 4 nitrogen and oxygen atoms in total. The van der Waals surface area contributed by atoms with Gasteiger partial charge in [0.1, 0.15) is 5.60 Å². The summed E-state index contributed by atoms with van der Waals surface area (Å²) in [6.07, 6.45) is -10.4. The van der Waals surface area contributed by atoms with Crippen LogP contribution in [0.15, 0.2) is 18.2 Å². The van der Waals surface area contributed by atoms with Crippen molar-refractivity contribution in [3.05, 3.63) is 23.8 Å². The van der Waals surface area contributed by atoms with Crippen molar-refractivity contribution in [2.24, 2.45) is 0 Å². The van der Waals surface area contributed by atoms with Crippen molar-refractivity contribution < 1.29 is 45.3 Å². The van der Waals surface area contributed by atoms with Gasteiger partial charge in [-0.25, -0.2) is 0 Å². The lowest BCUT2D eigenvalue weighted by Gasteiger charge is -2.26. The molecule has 0 saturated heterocycles. The van der Waals surface area contributed by atoms with Crippen LogP contribution in [0.25, 0.3) is 0 Å². The van der Waals surface area contributed by atoms with Crippen molar-refractivity contribution in [3.8, 4) is 11.5 Å². The summed E-state index contributed by atoms with van der Waals surface area (Å²) in [6, 6.07) is 2.35. The van der Waals surface area contributed by atoms with E-state index < -0.39 is 35.8 Å². The van der Waals surface area contributed by atoms with Crippen LogP contribution in [-0.2, 0) is 15.1 Å². The lowest BCUT2D eigenvalue weighted by atomic mass is 9.97. The third-order valence-corrected chi connectivity index (χ3v) is 2.49. The largest absolute Gasteiger partial charge is 0.573 e. The molecule has 0 aliphatic heterocycles. The van der Waals surface area contributed by atoms with Gasteiger partial charge in [-0.2, -0.15) is 0 Å². The molecule has 0 aliphatic rings. The molecule has 0 spiro atoms. The minimum atomic E-state index is -5.23. The summed E-state index contributed by atoms with van der Waals surface area (Å²) in [5.41, 5.74) is -1.40. The molecule has 10 heteroatoms. The molecule has 0 radical (unpaired) electrons. The molecule has 0 bridgehead atoms. The first-order valence-corrected chi connectivity index (χ1v) is 6.05. The zero-order valence-corrected chi connectivity index (χ0v) is 12.1. The predicted molar refractivity (Wildman–Crippen MR) is 64.6 cm³/mol. The summed E-state index contributed by atoms with van der Waals surface area (Å²) >= 11 is 0. The van der Waals surface area contributed by atoms with Crippen molar-refractivity contribution in [1.82, 2.24) is 0 Å². The van der Waals surface area contributed by atoms with Crippen molar-refractivity contribution in [2.45, 2.75) is 39.1 Å². The Balaban J connectivity index is 3.28. The van der Waals surface area contributed by atoms with Crippen LogP contribution in [0.5, 0.6) is 11.5 Å². The summed E-state index contributed by atoms with van der Waals surface area (Å²) in [7, 11) is 0. The van der Waals surface area contributed by atoms with Crippen LogP contribution in [0.2, 0.25) is 0 Å². The molecule has 0 heterocycles. The molecule has 1 aromatic rings. The van der Waals surface area contributed by atoms with Crippen molar-refractivity contribution >= 4 is 5.97 Å². The van der Waals surface area contributed by atoms with Crippen LogP contribution in [0, 0.1) is 0 Å². The number of carbonyl (C=O) groups is 1. The molecule has 0 unspecified atom stereocenters.